The van der Waals surface area contributed by atoms with E-state index in [2.05, 4.69) is 5.32 Å². The van der Waals surface area contributed by atoms with E-state index in [4.69, 9.17) is 4.74 Å². The first kappa shape index (κ1) is 17.0. The number of halogens is 3. The van der Waals surface area contributed by atoms with E-state index < -0.39 is 35.9 Å². The minimum Gasteiger partial charge on any atom is -0.451 e. The molecule has 8 heteroatoms. The molecular formula is C17H10F3NO3S. The Morgan fingerprint density at radius 1 is 1.00 bits per heavy atom. The van der Waals surface area contributed by atoms with Crippen molar-refractivity contribution in [2.24, 2.45) is 0 Å². The molecule has 0 unspecified atom stereocenters. The van der Waals surface area contributed by atoms with Crippen LogP contribution in [0, 0.1) is 17.5 Å². The Hall–Kier alpha value is -2.87. The number of carbonyl (C=O) groups excluding carboxylic acids is 2. The highest BCUT2D eigenvalue weighted by Crippen LogP contribution is 2.26. The van der Waals surface area contributed by atoms with Crippen molar-refractivity contribution in [1.82, 2.24) is 0 Å². The van der Waals surface area contributed by atoms with E-state index in [9.17, 15) is 22.8 Å². The summed E-state index contributed by atoms with van der Waals surface area (Å²) in [7, 11) is 0. The zero-order chi connectivity index (χ0) is 18.0. The van der Waals surface area contributed by atoms with Gasteiger partial charge in [-0.05, 0) is 41.8 Å². The van der Waals surface area contributed by atoms with Gasteiger partial charge in [-0.25, -0.2) is 18.0 Å². The monoisotopic (exact) mass is 365 g/mol. The Labute approximate surface area is 143 Å². The number of nitrogens with one attached hydrogen (secondary N) is 1. The topological polar surface area (TPSA) is 55.4 Å². The lowest BCUT2D eigenvalue weighted by Gasteiger charge is -2.06. The van der Waals surface area contributed by atoms with E-state index in [0.29, 0.717) is 16.2 Å². The van der Waals surface area contributed by atoms with E-state index >= 15 is 0 Å². The molecule has 0 aliphatic heterocycles. The minimum absolute atomic E-state index is 0.210. The number of hydrogen-bond donors (Lipinski definition) is 1. The van der Waals surface area contributed by atoms with E-state index in [1.165, 1.54) is 24.3 Å². The van der Waals surface area contributed by atoms with Crippen LogP contribution in [0.1, 0.15) is 9.67 Å². The number of anilines is 1. The first-order valence-electron chi connectivity index (χ1n) is 7.03. The van der Waals surface area contributed by atoms with Crippen LogP contribution in [0.3, 0.4) is 0 Å². The van der Waals surface area contributed by atoms with Gasteiger partial charge in [0.1, 0.15) is 22.3 Å². The van der Waals surface area contributed by atoms with Crippen molar-refractivity contribution in [3.8, 4) is 0 Å². The summed E-state index contributed by atoms with van der Waals surface area (Å²) in [5.74, 6) is -3.66. The molecule has 0 fully saturated rings. The second-order valence-electron chi connectivity index (χ2n) is 5.04. The van der Waals surface area contributed by atoms with Crippen molar-refractivity contribution in [3.05, 3.63) is 64.8 Å². The Balaban J connectivity index is 1.61. The fraction of sp³-hybridized carbons (Fsp3) is 0.0588. The summed E-state index contributed by atoms with van der Waals surface area (Å²) >= 11 is 1.10. The third kappa shape index (κ3) is 3.97. The van der Waals surface area contributed by atoms with Crippen molar-refractivity contribution in [3.63, 3.8) is 0 Å². The van der Waals surface area contributed by atoms with Gasteiger partial charge in [-0.1, -0.05) is 0 Å². The second kappa shape index (κ2) is 6.94. The molecule has 0 bridgehead atoms. The number of thiophene rings is 1. The van der Waals surface area contributed by atoms with Gasteiger partial charge in [0.2, 0.25) is 0 Å². The Bertz CT molecular complexity index is 971. The number of carbonyl (C=O) groups is 2. The van der Waals surface area contributed by atoms with Crippen molar-refractivity contribution >= 4 is 39.0 Å². The lowest BCUT2D eigenvalue weighted by molar-refractivity contribution is -0.119. The molecule has 0 aliphatic rings. The van der Waals surface area contributed by atoms with Crippen LogP contribution in [0.2, 0.25) is 0 Å². The molecule has 0 aliphatic carbocycles. The Kier molecular flexibility index (Phi) is 4.71. The smallest absolute Gasteiger partial charge is 0.348 e. The van der Waals surface area contributed by atoms with Gasteiger partial charge in [0, 0.05) is 10.8 Å². The zero-order valence-electron chi connectivity index (χ0n) is 12.5. The predicted octanol–water partition coefficient (Wildman–Crippen LogP) is 4.11. The molecule has 4 nitrogen and oxygen atoms in total. The van der Waals surface area contributed by atoms with E-state index in [1.54, 1.807) is 0 Å². The molecule has 1 N–H and O–H groups in total. The molecule has 128 valence electrons. The SMILES string of the molecule is O=C(COC(=O)c1cc2cc(F)ccc2s1)Nc1ccc(F)cc1F. The van der Waals surface area contributed by atoms with Crippen LogP contribution in [0.15, 0.2) is 42.5 Å². The fourth-order valence-electron chi connectivity index (χ4n) is 2.09. The minimum atomic E-state index is -0.939. The Morgan fingerprint density at radius 3 is 2.48 bits per heavy atom. The van der Waals surface area contributed by atoms with Crippen LogP contribution < -0.4 is 5.32 Å². The highest BCUT2D eigenvalue weighted by Gasteiger charge is 2.15. The summed E-state index contributed by atoms with van der Waals surface area (Å²) in [5, 5.41) is 2.73. The number of fused-ring (bicyclic) bond motifs is 1. The first-order chi connectivity index (χ1) is 11.9. The van der Waals surface area contributed by atoms with Gasteiger partial charge in [-0.15, -0.1) is 11.3 Å². The van der Waals surface area contributed by atoms with Crippen LogP contribution in [0.4, 0.5) is 18.9 Å². The maximum absolute atomic E-state index is 13.4. The molecule has 1 heterocycles. The average molecular weight is 365 g/mol. The van der Waals surface area contributed by atoms with Crippen molar-refractivity contribution in [2.75, 3.05) is 11.9 Å². The average Bonchev–Trinajstić information content (AvgIpc) is 2.98. The molecular weight excluding hydrogens is 355 g/mol. The summed E-state index contributed by atoms with van der Waals surface area (Å²) in [6.45, 7) is -0.641. The van der Waals surface area contributed by atoms with Crippen LogP contribution in [-0.4, -0.2) is 18.5 Å². The normalized spacial score (nSPS) is 10.7. The first-order valence-corrected chi connectivity index (χ1v) is 7.85. The summed E-state index contributed by atoms with van der Waals surface area (Å²) in [5.41, 5.74) is -0.222. The molecule has 2 aromatic carbocycles. The summed E-state index contributed by atoms with van der Waals surface area (Å²) < 4.78 is 44.9. The highest BCUT2D eigenvalue weighted by atomic mass is 32.1. The molecule has 3 aromatic rings. The van der Waals surface area contributed by atoms with Gasteiger partial charge >= 0.3 is 5.97 Å². The summed E-state index contributed by atoms with van der Waals surface area (Å²) in [4.78, 5) is 23.9. The van der Waals surface area contributed by atoms with Gasteiger partial charge in [-0.2, -0.15) is 0 Å². The van der Waals surface area contributed by atoms with Gasteiger partial charge in [-0.3, -0.25) is 4.79 Å². The standard InChI is InChI=1S/C17H10F3NO3S/c18-10-2-4-14-9(5-10)6-15(25-14)17(23)24-8-16(22)21-13-3-1-11(19)7-12(13)20/h1-7H,8H2,(H,21,22). The molecule has 0 atom stereocenters. The van der Waals surface area contributed by atoms with Gasteiger partial charge in [0.25, 0.3) is 5.91 Å². The molecule has 0 radical (unpaired) electrons. The van der Waals surface area contributed by atoms with Crippen LogP contribution in [-0.2, 0) is 9.53 Å². The third-order valence-corrected chi connectivity index (χ3v) is 4.32. The van der Waals surface area contributed by atoms with Crippen molar-refractivity contribution in [2.45, 2.75) is 0 Å². The van der Waals surface area contributed by atoms with Gasteiger partial charge < -0.3 is 10.1 Å². The molecule has 0 spiro atoms. The quantitative estimate of drug-likeness (QED) is 0.708. The van der Waals surface area contributed by atoms with Crippen LogP contribution >= 0.6 is 11.3 Å². The number of ether oxygens (including phenoxy) is 1. The highest BCUT2D eigenvalue weighted by molar-refractivity contribution is 7.20. The number of esters is 1. The molecule has 25 heavy (non-hydrogen) atoms. The lowest BCUT2D eigenvalue weighted by atomic mass is 10.2. The number of hydrogen-bond acceptors (Lipinski definition) is 4. The maximum Gasteiger partial charge on any atom is 0.348 e. The number of benzene rings is 2. The van der Waals surface area contributed by atoms with Gasteiger partial charge in [0.05, 0.1) is 5.69 Å². The van der Waals surface area contributed by atoms with Crippen LogP contribution in [0.5, 0.6) is 0 Å². The Morgan fingerprint density at radius 2 is 1.72 bits per heavy atom. The predicted molar refractivity (Wildman–Crippen MR) is 87.1 cm³/mol. The molecule has 1 amide bonds. The molecule has 3 rings (SSSR count). The van der Waals surface area contributed by atoms with E-state index in [0.717, 1.165) is 23.5 Å². The molecule has 0 saturated carbocycles. The fourth-order valence-corrected chi connectivity index (χ4v) is 3.03. The second-order valence-corrected chi connectivity index (χ2v) is 6.13. The molecule has 1 aromatic heterocycles. The van der Waals surface area contributed by atoms with Gasteiger partial charge in [0.15, 0.2) is 6.61 Å². The van der Waals surface area contributed by atoms with E-state index in [1.807, 2.05) is 0 Å². The zero-order valence-corrected chi connectivity index (χ0v) is 13.3. The van der Waals surface area contributed by atoms with E-state index in [-0.39, 0.29) is 10.6 Å². The third-order valence-electron chi connectivity index (χ3n) is 3.22. The maximum atomic E-state index is 13.4. The lowest BCUT2D eigenvalue weighted by Crippen LogP contribution is -2.21. The summed E-state index contributed by atoms with van der Waals surface area (Å²) in [6.07, 6.45) is 0. The largest absolute Gasteiger partial charge is 0.451 e. The number of rotatable bonds is 4. The van der Waals surface area contributed by atoms with Crippen molar-refractivity contribution in [1.29, 1.82) is 0 Å². The summed E-state index contributed by atoms with van der Waals surface area (Å²) in [6, 6.07) is 8.23. The van der Waals surface area contributed by atoms with Crippen LogP contribution in [0.25, 0.3) is 10.1 Å². The molecule has 0 saturated heterocycles. The van der Waals surface area contributed by atoms with Crippen molar-refractivity contribution < 1.29 is 27.5 Å². The number of amides is 1.